The minimum atomic E-state index is -1.03. The van der Waals surface area contributed by atoms with Crippen molar-refractivity contribution in [3.05, 3.63) is 30.2 Å². The van der Waals surface area contributed by atoms with Crippen molar-refractivity contribution in [2.45, 2.75) is 0 Å². The van der Waals surface area contributed by atoms with Crippen molar-refractivity contribution in [1.82, 2.24) is 14.8 Å². The van der Waals surface area contributed by atoms with E-state index in [9.17, 15) is 4.79 Å². The van der Waals surface area contributed by atoms with Crippen molar-refractivity contribution in [2.75, 3.05) is 5.73 Å². The number of nitrogens with zero attached hydrogens (tertiary/aromatic N) is 3. The molecule has 6 heteroatoms. The molecule has 0 spiro atoms. The van der Waals surface area contributed by atoms with Crippen LogP contribution >= 0.6 is 0 Å². The maximum absolute atomic E-state index is 11.0. The Morgan fingerprint density at radius 2 is 2.25 bits per heavy atom. The molecule has 0 saturated carbocycles. The molecule has 0 bridgehead atoms. The van der Waals surface area contributed by atoms with Gasteiger partial charge in [-0.15, -0.1) is 0 Å². The van der Waals surface area contributed by atoms with E-state index < -0.39 is 5.97 Å². The summed E-state index contributed by atoms with van der Waals surface area (Å²) >= 11 is 0. The standard InChI is InChI=1S/C10H10N4O2/c1-14-5-6(3-13-14)8-4-12-9(11)2-7(8)10(15)16/h2-5H,1H3,(H2,11,12)(H,15,16). The van der Waals surface area contributed by atoms with Gasteiger partial charge in [0.1, 0.15) is 5.82 Å². The predicted molar refractivity (Wildman–Crippen MR) is 57.8 cm³/mol. The lowest BCUT2D eigenvalue weighted by Gasteiger charge is -2.03. The van der Waals surface area contributed by atoms with E-state index in [0.29, 0.717) is 11.1 Å². The Morgan fingerprint density at radius 3 is 2.81 bits per heavy atom. The maximum Gasteiger partial charge on any atom is 0.336 e. The Labute approximate surface area is 91.3 Å². The van der Waals surface area contributed by atoms with Crippen LogP contribution in [-0.2, 0) is 7.05 Å². The van der Waals surface area contributed by atoms with Crippen molar-refractivity contribution in [3.63, 3.8) is 0 Å². The van der Waals surface area contributed by atoms with Crippen LogP contribution in [0.2, 0.25) is 0 Å². The number of hydrogen-bond acceptors (Lipinski definition) is 4. The molecular weight excluding hydrogens is 208 g/mol. The number of carboxylic acids is 1. The second-order valence-corrected chi connectivity index (χ2v) is 3.36. The molecule has 0 radical (unpaired) electrons. The maximum atomic E-state index is 11.0. The van der Waals surface area contributed by atoms with Gasteiger partial charge in [-0.1, -0.05) is 0 Å². The van der Waals surface area contributed by atoms with Crippen molar-refractivity contribution >= 4 is 11.8 Å². The predicted octanol–water partition coefficient (Wildman–Crippen LogP) is 0.762. The molecule has 2 rings (SSSR count). The molecule has 0 aliphatic heterocycles. The smallest absolute Gasteiger partial charge is 0.336 e. The molecule has 0 atom stereocenters. The van der Waals surface area contributed by atoms with Crippen molar-refractivity contribution in [3.8, 4) is 11.1 Å². The first kappa shape index (κ1) is 10.2. The van der Waals surface area contributed by atoms with Crippen LogP contribution in [0.3, 0.4) is 0 Å². The third-order valence-electron chi connectivity index (χ3n) is 2.17. The van der Waals surface area contributed by atoms with Crippen LogP contribution in [0.15, 0.2) is 24.7 Å². The number of rotatable bonds is 2. The second-order valence-electron chi connectivity index (χ2n) is 3.36. The number of nitrogens with two attached hydrogens (primary N) is 1. The number of hydrogen-bond donors (Lipinski definition) is 2. The van der Waals surface area contributed by atoms with E-state index >= 15 is 0 Å². The summed E-state index contributed by atoms with van der Waals surface area (Å²) in [5.41, 5.74) is 6.79. The van der Waals surface area contributed by atoms with Gasteiger partial charge in [0.25, 0.3) is 0 Å². The highest BCUT2D eigenvalue weighted by molar-refractivity contribution is 5.96. The molecule has 0 fully saturated rings. The Hall–Kier alpha value is -2.37. The van der Waals surface area contributed by atoms with Crippen molar-refractivity contribution in [2.24, 2.45) is 7.05 Å². The van der Waals surface area contributed by atoms with Crippen LogP contribution < -0.4 is 5.73 Å². The molecule has 3 N–H and O–H groups in total. The van der Waals surface area contributed by atoms with E-state index in [0.717, 1.165) is 0 Å². The lowest BCUT2D eigenvalue weighted by atomic mass is 10.1. The van der Waals surface area contributed by atoms with E-state index in [-0.39, 0.29) is 11.4 Å². The van der Waals surface area contributed by atoms with Gasteiger partial charge >= 0.3 is 5.97 Å². The molecule has 2 aromatic rings. The number of aromatic carboxylic acids is 1. The molecule has 0 aliphatic carbocycles. The number of aromatic nitrogens is 3. The quantitative estimate of drug-likeness (QED) is 0.776. The summed E-state index contributed by atoms with van der Waals surface area (Å²) < 4.78 is 1.59. The average Bonchev–Trinajstić information content (AvgIpc) is 2.64. The number of carbonyl (C=O) groups is 1. The summed E-state index contributed by atoms with van der Waals surface area (Å²) in [6.07, 6.45) is 4.75. The number of nitrogen functional groups attached to an aromatic ring is 1. The van der Waals surface area contributed by atoms with Gasteiger partial charge in [0.05, 0.1) is 11.8 Å². The van der Waals surface area contributed by atoms with E-state index in [2.05, 4.69) is 10.1 Å². The fraction of sp³-hybridized carbons (Fsp3) is 0.100. The summed E-state index contributed by atoms with van der Waals surface area (Å²) in [5.74, 6) is -0.849. The zero-order valence-corrected chi connectivity index (χ0v) is 8.58. The molecule has 2 heterocycles. The molecule has 0 unspecified atom stereocenters. The molecule has 0 aromatic carbocycles. The van der Waals surface area contributed by atoms with Gasteiger partial charge in [0.15, 0.2) is 0 Å². The minimum Gasteiger partial charge on any atom is -0.478 e. The molecule has 82 valence electrons. The number of pyridine rings is 1. The van der Waals surface area contributed by atoms with E-state index in [4.69, 9.17) is 10.8 Å². The van der Waals surface area contributed by atoms with Gasteiger partial charge in [-0.05, 0) is 6.07 Å². The van der Waals surface area contributed by atoms with Crippen molar-refractivity contribution in [1.29, 1.82) is 0 Å². The Bertz CT molecular complexity index is 548. The average molecular weight is 218 g/mol. The lowest BCUT2D eigenvalue weighted by molar-refractivity contribution is 0.0697. The first-order valence-electron chi connectivity index (χ1n) is 4.56. The molecule has 0 saturated heterocycles. The first-order chi connectivity index (χ1) is 7.58. The van der Waals surface area contributed by atoms with Crippen LogP contribution in [0.1, 0.15) is 10.4 Å². The summed E-state index contributed by atoms with van der Waals surface area (Å²) in [4.78, 5) is 14.9. The zero-order valence-electron chi connectivity index (χ0n) is 8.58. The van der Waals surface area contributed by atoms with Gasteiger partial charge < -0.3 is 10.8 Å². The third-order valence-corrected chi connectivity index (χ3v) is 2.17. The normalized spacial score (nSPS) is 10.3. The van der Waals surface area contributed by atoms with E-state index in [1.54, 1.807) is 24.1 Å². The topological polar surface area (TPSA) is 94.0 Å². The lowest BCUT2D eigenvalue weighted by Crippen LogP contribution is -2.02. The fourth-order valence-corrected chi connectivity index (χ4v) is 1.44. The number of carboxylic acid groups (broad SMARTS) is 1. The van der Waals surface area contributed by atoms with Crippen LogP contribution in [-0.4, -0.2) is 25.8 Å². The highest BCUT2D eigenvalue weighted by Gasteiger charge is 2.13. The molecule has 16 heavy (non-hydrogen) atoms. The summed E-state index contributed by atoms with van der Waals surface area (Å²) in [7, 11) is 1.76. The van der Waals surface area contributed by atoms with Crippen LogP contribution in [0.5, 0.6) is 0 Å². The van der Waals surface area contributed by atoms with Crippen molar-refractivity contribution < 1.29 is 9.90 Å². The number of aryl methyl sites for hydroxylation is 1. The summed E-state index contributed by atoms with van der Waals surface area (Å²) in [5, 5.41) is 13.0. The molecule has 0 aliphatic rings. The Kier molecular flexibility index (Phi) is 2.32. The first-order valence-corrected chi connectivity index (χ1v) is 4.56. The highest BCUT2D eigenvalue weighted by Crippen LogP contribution is 2.23. The fourth-order valence-electron chi connectivity index (χ4n) is 1.44. The Balaban J connectivity index is 2.60. The summed E-state index contributed by atoms with van der Waals surface area (Å²) in [6.45, 7) is 0. The second kappa shape index (κ2) is 3.65. The minimum absolute atomic E-state index is 0.125. The van der Waals surface area contributed by atoms with Gasteiger partial charge in [-0.3, -0.25) is 4.68 Å². The van der Waals surface area contributed by atoms with Gasteiger partial charge in [0, 0.05) is 30.6 Å². The highest BCUT2D eigenvalue weighted by atomic mass is 16.4. The Morgan fingerprint density at radius 1 is 1.50 bits per heavy atom. The van der Waals surface area contributed by atoms with Gasteiger partial charge in [0.2, 0.25) is 0 Å². The molecular formula is C10H10N4O2. The summed E-state index contributed by atoms with van der Waals surface area (Å²) in [6, 6.07) is 1.34. The van der Waals surface area contributed by atoms with Gasteiger partial charge in [-0.2, -0.15) is 5.10 Å². The molecule has 6 nitrogen and oxygen atoms in total. The molecule has 0 amide bonds. The zero-order chi connectivity index (χ0) is 11.7. The van der Waals surface area contributed by atoms with E-state index in [1.807, 2.05) is 0 Å². The number of anilines is 1. The largest absolute Gasteiger partial charge is 0.478 e. The third kappa shape index (κ3) is 1.72. The van der Waals surface area contributed by atoms with Crippen LogP contribution in [0.4, 0.5) is 5.82 Å². The van der Waals surface area contributed by atoms with Gasteiger partial charge in [-0.25, -0.2) is 9.78 Å². The molecule has 2 aromatic heterocycles. The SMILES string of the molecule is Cn1cc(-c2cnc(N)cc2C(=O)O)cn1. The monoisotopic (exact) mass is 218 g/mol. The van der Waals surface area contributed by atoms with Crippen LogP contribution in [0, 0.1) is 0 Å². The van der Waals surface area contributed by atoms with Crippen LogP contribution in [0.25, 0.3) is 11.1 Å². The van der Waals surface area contributed by atoms with E-state index in [1.165, 1.54) is 12.3 Å².